The van der Waals surface area contributed by atoms with Crippen LogP contribution in [0.2, 0.25) is 0 Å². The molecule has 0 spiro atoms. The van der Waals surface area contributed by atoms with Crippen LogP contribution >= 0.6 is 0 Å². The Morgan fingerprint density at radius 1 is 1.44 bits per heavy atom. The number of aryl methyl sites for hydroxylation is 1. The zero-order valence-corrected chi connectivity index (χ0v) is 9.85. The number of likely N-dealkylation sites (N-methyl/N-ethyl adjacent to an activating group) is 1. The summed E-state index contributed by atoms with van der Waals surface area (Å²) in [4.78, 5) is 6.45. The second-order valence-corrected chi connectivity index (χ2v) is 4.19. The van der Waals surface area contributed by atoms with E-state index in [2.05, 4.69) is 28.1 Å². The molecular formula is C12H18N4. The van der Waals surface area contributed by atoms with Crippen LogP contribution in [-0.2, 0) is 13.5 Å². The average Bonchev–Trinajstić information content (AvgIpc) is 2.67. The van der Waals surface area contributed by atoms with Crippen LogP contribution in [0.5, 0.6) is 0 Å². The molecule has 0 unspecified atom stereocenters. The first kappa shape index (κ1) is 11.1. The van der Waals surface area contributed by atoms with Crippen molar-refractivity contribution in [3.63, 3.8) is 0 Å². The van der Waals surface area contributed by atoms with Gasteiger partial charge in [-0.3, -0.25) is 4.90 Å². The molecule has 4 heteroatoms. The molecule has 1 heterocycles. The number of fused-ring (bicyclic) bond motifs is 1. The number of hydrogen-bond acceptors (Lipinski definition) is 3. The van der Waals surface area contributed by atoms with Crippen molar-refractivity contribution in [1.82, 2.24) is 14.5 Å². The summed E-state index contributed by atoms with van der Waals surface area (Å²) >= 11 is 0. The van der Waals surface area contributed by atoms with E-state index in [-0.39, 0.29) is 0 Å². The normalized spacial score (nSPS) is 11.5. The number of benzene rings is 1. The average molecular weight is 218 g/mol. The Kier molecular flexibility index (Phi) is 3.22. The van der Waals surface area contributed by atoms with Crippen molar-refractivity contribution in [3.8, 4) is 0 Å². The van der Waals surface area contributed by atoms with Gasteiger partial charge < -0.3 is 10.3 Å². The molecule has 0 bridgehead atoms. The molecule has 0 fully saturated rings. The Bertz CT molecular complexity index is 475. The van der Waals surface area contributed by atoms with E-state index in [1.165, 1.54) is 11.1 Å². The highest BCUT2D eigenvalue weighted by molar-refractivity contribution is 5.75. The molecule has 0 saturated carbocycles. The minimum atomic E-state index is 0.603. The largest absolute Gasteiger partial charge is 0.334 e. The molecule has 0 saturated heterocycles. The molecule has 2 aromatic rings. The molecule has 0 aliphatic heterocycles. The smallest absolute Gasteiger partial charge is 0.0955 e. The Morgan fingerprint density at radius 3 is 3.00 bits per heavy atom. The minimum Gasteiger partial charge on any atom is -0.334 e. The van der Waals surface area contributed by atoms with Gasteiger partial charge in [-0.15, -0.1) is 0 Å². The van der Waals surface area contributed by atoms with E-state index in [4.69, 9.17) is 5.73 Å². The highest BCUT2D eigenvalue weighted by atomic mass is 15.1. The van der Waals surface area contributed by atoms with Crippen LogP contribution in [0, 0.1) is 0 Å². The fraction of sp³-hybridized carbons (Fsp3) is 0.417. The van der Waals surface area contributed by atoms with Gasteiger partial charge in [0, 0.05) is 20.3 Å². The first-order chi connectivity index (χ1) is 7.70. The number of hydrogen-bond donors (Lipinski definition) is 1. The van der Waals surface area contributed by atoms with Gasteiger partial charge in [-0.05, 0) is 31.2 Å². The fourth-order valence-electron chi connectivity index (χ4n) is 1.75. The molecule has 4 nitrogen and oxygen atoms in total. The van der Waals surface area contributed by atoms with Gasteiger partial charge in [0.2, 0.25) is 0 Å². The standard InChI is InChI=1S/C12H18N4/c1-15(8-13)6-5-10-3-4-12-11(7-10)14-9-16(12)2/h3-4,7,9H,5-6,8,13H2,1-2H3. The molecule has 1 aromatic heterocycles. The predicted molar refractivity (Wildman–Crippen MR) is 66.1 cm³/mol. The lowest BCUT2D eigenvalue weighted by Crippen LogP contribution is -2.27. The first-order valence-electron chi connectivity index (χ1n) is 5.49. The van der Waals surface area contributed by atoms with E-state index in [1.54, 1.807) is 0 Å². The maximum Gasteiger partial charge on any atom is 0.0955 e. The summed E-state index contributed by atoms with van der Waals surface area (Å²) in [5, 5.41) is 0. The quantitative estimate of drug-likeness (QED) is 0.778. The van der Waals surface area contributed by atoms with Crippen LogP contribution in [0.1, 0.15) is 5.56 Å². The number of aromatic nitrogens is 2. The lowest BCUT2D eigenvalue weighted by Gasteiger charge is -2.13. The summed E-state index contributed by atoms with van der Waals surface area (Å²) in [6, 6.07) is 6.44. The lowest BCUT2D eigenvalue weighted by molar-refractivity contribution is 0.349. The molecule has 0 radical (unpaired) electrons. The molecule has 2 rings (SSSR count). The third kappa shape index (κ3) is 2.23. The summed E-state index contributed by atoms with van der Waals surface area (Å²) < 4.78 is 2.03. The van der Waals surface area contributed by atoms with Gasteiger partial charge in [0.05, 0.1) is 17.4 Å². The second-order valence-electron chi connectivity index (χ2n) is 4.19. The topological polar surface area (TPSA) is 47.1 Å². The number of nitrogens with zero attached hydrogens (tertiary/aromatic N) is 3. The van der Waals surface area contributed by atoms with Gasteiger partial charge in [0.25, 0.3) is 0 Å². The molecule has 0 aliphatic rings. The van der Waals surface area contributed by atoms with Crippen LogP contribution in [0.4, 0.5) is 0 Å². The van der Waals surface area contributed by atoms with Crippen LogP contribution in [0.3, 0.4) is 0 Å². The van der Waals surface area contributed by atoms with Crippen molar-refractivity contribution >= 4 is 11.0 Å². The maximum atomic E-state index is 5.54. The predicted octanol–water partition coefficient (Wildman–Crippen LogP) is 0.964. The molecule has 2 N–H and O–H groups in total. The van der Waals surface area contributed by atoms with E-state index in [0.717, 1.165) is 18.5 Å². The van der Waals surface area contributed by atoms with Crippen LogP contribution in [0.15, 0.2) is 24.5 Å². The summed E-state index contributed by atoms with van der Waals surface area (Å²) in [5.41, 5.74) is 9.09. The second kappa shape index (κ2) is 4.63. The van der Waals surface area contributed by atoms with E-state index in [1.807, 2.05) is 25.0 Å². The van der Waals surface area contributed by atoms with Gasteiger partial charge in [-0.2, -0.15) is 0 Å². The van der Waals surface area contributed by atoms with Gasteiger partial charge in [-0.1, -0.05) is 6.07 Å². The van der Waals surface area contributed by atoms with Crippen LogP contribution in [-0.4, -0.2) is 34.7 Å². The molecule has 1 aromatic carbocycles. The summed E-state index contributed by atoms with van der Waals surface area (Å²) in [6.07, 6.45) is 2.86. The van der Waals surface area contributed by atoms with Crippen molar-refractivity contribution in [3.05, 3.63) is 30.1 Å². The zero-order chi connectivity index (χ0) is 11.5. The molecule has 0 aliphatic carbocycles. The zero-order valence-electron chi connectivity index (χ0n) is 9.85. The molecule has 86 valence electrons. The van der Waals surface area contributed by atoms with Gasteiger partial charge in [0.15, 0.2) is 0 Å². The Labute approximate surface area is 95.7 Å². The minimum absolute atomic E-state index is 0.603. The molecule has 16 heavy (non-hydrogen) atoms. The molecular weight excluding hydrogens is 200 g/mol. The summed E-state index contributed by atoms with van der Waals surface area (Å²) in [6.45, 7) is 1.58. The van der Waals surface area contributed by atoms with Gasteiger partial charge in [-0.25, -0.2) is 4.98 Å². The number of imidazole rings is 1. The van der Waals surface area contributed by atoms with Crippen molar-refractivity contribution < 1.29 is 0 Å². The SMILES string of the molecule is CN(CN)CCc1ccc2c(c1)ncn2C. The Balaban J connectivity index is 2.14. The number of nitrogens with two attached hydrogens (primary N) is 1. The number of rotatable bonds is 4. The van der Waals surface area contributed by atoms with Crippen molar-refractivity contribution in [2.45, 2.75) is 6.42 Å². The third-order valence-corrected chi connectivity index (χ3v) is 2.88. The van der Waals surface area contributed by atoms with E-state index < -0.39 is 0 Å². The monoisotopic (exact) mass is 218 g/mol. The molecule has 0 amide bonds. The van der Waals surface area contributed by atoms with Gasteiger partial charge in [0.1, 0.15) is 0 Å². The van der Waals surface area contributed by atoms with Gasteiger partial charge >= 0.3 is 0 Å². The van der Waals surface area contributed by atoms with Crippen molar-refractivity contribution in [2.24, 2.45) is 12.8 Å². The van der Waals surface area contributed by atoms with E-state index in [9.17, 15) is 0 Å². The van der Waals surface area contributed by atoms with E-state index in [0.29, 0.717) is 6.67 Å². The Hall–Kier alpha value is -1.39. The Morgan fingerprint density at radius 2 is 2.25 bits per heavy atom. The van der Waals surface area contributed by atoms with Crippen LogP contribution in [0.25, 0.3) is 11.0 Å². The highest BCUT2D eigenvalue weighted by Crippen LogP contribution is 2.14. The van der Waals surface area contributed by atoms with Crippen molar-refractivity contribution in [1.29, 1.82) is 0 Å². The summed E-state index contributed by atoms with van der Waals surface area (Å²) in [5.74, 6) is 0. The maximum absolute atomic E-state index is 5.54. The first-order valence-corrected chi connectivity index (χ1v) is 5.49. The lowest BCUT2D eigenvalue weighted by atomic mass is 10.1. The van der Waals surface area contributed by atoms with Crippen molar-refractivity contribution in [2.75, 3.05) is 20.3 Å². The fourth-order valence-corrected chi connectivity index (χ4v) is 1.75. The highest BCUT2D eigenvalue weighted by Gasteiger charge is 2.02. The van der Waals surface area contributed by atoms with E-state index >= 15 is 0 Å². The summed E-state index contributed by atoms with van der Waals surface area (Å²) in [7, 11) is 4.04. The molecule has 0 atom stereocenters. The third-order valence-electron chi connectivity index (χ3n) is 2.88. The van der Waals surface area contributed by atoms with Crippen LogP contribution < -0.4 is 5.73 Å².